The van der Waals surface area contributed by atoms with E-state index in [0.29, 0.717) is 18.9 Å². The summed E-state index contributed by atoms with van der Waals surface area (Å²) < 4.78 is 27.2. The SMILES string of the molecule is CCN(CC)S(=O)(=O)c1ccc(N/N=C(/C)c2cccc(Br)c2)nc1. The molecule has 0 aliphatic heterocycles. The Hall–Kier alpha value is -1.77. The van der Waals surface area contributed by atoms with E-state index in [2.05, 4.69) is 31.4 Å². The number of halogens is 1. The molecule has 1 N–H and O–H groups in total. The van der Waals surface area contributed by atoms with Gasteiger partial charge in [0.05, 0.1) is 5.71 Å². The van der Waals surface area contributed by atoms with Crippen LogP contribution >= 0.6 is 15.9 Å². The Morgan fingerprint density at radius 2 is 1.96 bits per heavy atom. The molecule has 0 spiro atoms. The number of nitrogens with zero attached hydrogens (tertiary/aromatic N) is 3. The molecule has 0 aliphatic rings. The molecule has 1 aromatic heterocycles. The average Bonchev–Trinajstić information content (AvgIpc) is 2.61. The lowest BCUT2D eigenvalue weighted by atomic mass is 10.1. The van der Waals surface area contributed by atoms with E-state index in [1.165, 1.54) is 16.6 Å². The molecule has 0 aliphatic carbocycles. The van der Waals surface area contributed by atoms with Crippen LogP contribution in [0.2, 0.25) is 0 Å². The molecule has 0 unspecified atom stereocenters. The number of anilines is 1. The van der Waals surface area contributed by atoms with Gasteiger partial charge in [-0.15, -0.1) is 0 Å². The monoisotopic (exact) mass is 424 g/mol. The highest BCUT2D eigenvalue weighted by Gasteiger charge is 2.21. The van der Waals surface area contributed by atoms with Crippen molar-refractivity contribution in [1.82, 2.24) is 9.29 Å². The Labute approximate surface area is 157 Å². The van der Waals surface area contributed by atoms with Crippen LogP contribution in [0, 0.1) is 0 Å². The van der Waals surface area contributed by atoms with Crippen molar-refractivity contribution < 1.29 is 8.42 Å². The fourth-order valence-electron chi connectivity index (χ4n) is 2.23. The highest BCUT2D eigenvalue weighted by Crippen LogP contribution is 2.16. The van der Waals surface area contributed by atoms with Gasteiger partial charge in [-0.1, -0.05) is 41.9 Å². The van der Waals surface area contributed by atoms with E-state index in [0.717, 1.165) is 15.7 Å². The smallest absolute Gasteiger partial charge is 0.244 e. The lowest BCUT2D eigenvalue weighted by molar-refractivity contribution is 0.445. The van der Waals surface area contributed by atoms with Gasteiger partial charge in [0.25, 0.3) is 0 Å². The quantitative estimate of drug-likeness (QED) is 0.542. The van der Waals surface area contributed by atoms with E-state index in [-0.39, 0.29) is 4.90 Å². The topological polar surface area (TPSA) is 74.7 Å². The third kappa shape index (κ3) is 4.87. The van der Waals surface area contributed by atoms with Crippen molar-refractivity contribution in [3.05, 3.63) is 52.6 Å². The Morgan fingerprint density at radius 3 is 2.52 bits per heavy atom. The summed E-state index contributed by atoms with van der Waals surface area (Å²) in [7, 11) is -3.49. The van der Waals surface area contributed by atoms with Crippen molar-refractivity contribution in [2.75, 3.05) is 18.5 Å². The minimum absolute atomic E-state index is 0.175. The maximum absolute atomic E-state index is 12.4. The zero-order chi connectivity index (χ0) is 18.4. The van der Waals surface area contributed by atoms with E-state index < -0.39 is 10.0 Å². The molecule has 8 heteroatoms. The molecule has 2 aromatic rings. The van der Waals surface area contributed by atoms with Crippen LogP contribution in [0.25, 0.3) is 0 Å². The van der Waals surface area contributed by atoms with Crippen molar-refractivity contribution in [1.29, 1.82) is 0 Å². The predicted octanol–water partition coefficient (Wildman–Crippen LogP) is 3.71. The van der Waals surface area contributed by atoms with Gasteiger partial charge in [0, 0.05) is 23.8 Å². The summed E-state index contributed by atoms with van der Waals surface area (Å²) in [5.41, 5.74) is 4.62. The Morgan fingerprint density at radius 1 is 1.24 bits per heavy atom. The number of sulfonamides is 1. The third-order valence-corrected chi connectivity index (χ3v) is 6.19. The molecule has 0 saturated heterocycles. The van der Waals surface area contributed by atoms with Gasteiger partial charge in [0.15, 0.2) is 0 Å². The van der Waals surface area contributed by atoms with Gasteiger partial charge >= 0.3 is 0 Å². The van der Waals surface area contributed by atoms with Crippen LogP contribution in [0.3, 0.4) is 0 Å². The molecule has 0 fully saturated rings. The van der Waals surface area contributed by atoms with Crippen molar-refractivity contribution in [2.45, 2.75) is 25.7 Å². The summed E-state index contributed by atoms with van der Waals surface area (Å²) in [4.78, 5) is 4.32. The third-order valence-electron chi connectivity index (χ3n) is 3.66. The molecule has 1 heterocycles. The van der Waals surface area contributed by atoms with Crippen LogP contribution in [0.15, 0.2) is 57.1 Å². The predicted molar refractivity (Wildman–Crippen MR) is 104 cm³/mol. The van der Waals surface area contributed by atoms with Crippen molar-refractivity contribution in [3.8, 4) is 0 Å². The summed E-state index contributed by atoms with van der Waals surface area (Å²) in [6.45, 7) is 6.35. The van der Waals surface area contributed by atoms with E-state index in [1.807, 2.05) is 45.0 Å². The number of hydrogen-bond acceptors (Lipinski definition) is 5. The molecule has 6 nitrogen and oxygen atoms in total. The van der Waals surface area contributed by atoms with E-state index in [9.17, 15) is 8.42 Å². The summed E-state index contributed by atoms with van der Waals surface area (Å²) in [6.07, 6.45) is 1.35. The minimum Gasteiger partial charge on any atom is -0.261 e. The number of pyridine rings is 1. The van der Waals surface area contributed by atoms with Crippen LogP contribution < -0.4 is 5.43 Å². The maximum Gasteiger partial charge on any atom is 0.244 e. The normalized spacial score (nSPS) is 12.4. The first-order chi connectivity index (χ1) is 11.9. The lowest BCUT2D eigenvalue weighted by Gasteiger charge is -2.18. The number of hydrogen-bond donors (Lipinski definition) is 1. The Bertz CT molecular complexity index is 847. The number of rotatable bonds is 7. The van der Waals surface area contributed by atoms with Gasteiger partial charge in [-0.2, -0.15) is 9.41 Å². The fourth-order valence-corrected chi connectivity index (χ4v) is 4.03. The summed E-state index contributed by atoms with van der Waals surface area (Å²) >= 11 is 3.43. The molecular formula is C17H21BrN4O2S. The largest absolute Gasteiger partial charge is 0.261 e. The Kier molecular flexibility index (Phi) is 6.69. The average molecular weight is 425 g/mol. The molecule has 0 amide bonds. The number of nitrogens with one attached hydrogen (secondary N) is 1. The number of benzene rings is 1. The first kappa shape index (κ1) is 19.6. The number of hydrazone groups is 1. The fraction of sp³-hybridized carbons (Fsp3) is 0.294. The van der Waals surface area contributed by atoms with Gasteiger partial charge in [-0.25, -0.2) is 13.4 Å². The molecular weight excluding hydrogens is 404 g/mol. The second kappa shape index (κ2) is 8.55. The van der Waals surface area contributed by atoms with Crippen LogP contribution in [0.4, 0.5) is 5.82 Å². The Balaban J connectivity index is 2.14. The highest BCUT2D eigenvalue weighted by molar-refractivity contribution is 9.10. The number of aromatic nitrogens is 1. The molecule has 0 radical (unpaired) electrons. The van der Waals surface area contributed by atoms with E-state index >= 15 is 0 Å². The summed E-state index contributed by atoms with van der Waals surface area (Å²) in [5, 5.41) is 4.29. The standard InChI is InChI=1S/C17H21BrN4O2S/c1-4-22(5-2)25(23,24)16-9-10-17(19-12-16)21-20-13(3)14-7-6-8-15(18)11-14/h6-12H,4-5H2,1-3H3,(H,19,21)/b20-13-. The zero-order valence-corrected chi connectivity index (χ0v) is 16.8. The van der Waals surface area contributed by atoms with Gasteiger partial charge in [-0.05, 0) is 36.8 Å². The first-order valence-electron chi connectivity index (χ1n) is 7.91. The minimum atomic E-state index is -3.49. The van der Waals surface area contributed by atoms with Gasteiger partial charge in [0.2, 0.25) is 10.0 Å². The van der Waals surface area contributed by atoms with Crippen LogP contribution in [0.1, 0.15) is 26.3 Å². The van der Waals surface area contributed by atoms with Crippen molar-refractivity contribution in [3.63, 3.8) is 0 Å². The summed E-state index contributed by atoms with van der Waals surface area (Å²) in [5.74, 6) is 0.479. The van der Waals surface area contributed by atoms with Gasteiger partial charge in [0.1, 0.15) is 10.7 Å². The molecule has 25 heavy (non-hydrogen) atoms. The van der Waals surface area contributed by atoms with Crippen LogP contribution in [-0.2, 0) is 10.0 Å². The van der Waals surface area contributed by atoms with Crippen LogP contribution in [-0.4, -0.2) is 36.5 Å². The van der Waals surface area contributed by atoms with Gasteiger partial charge in [-0.3, -0.25) is 5.43 Å². The van der Waals surface area contributed by atoms with Crippen molar-refractivity contribution >= 4 is 37.5 Å². The molecule has 2 rings (SSSR count). The van der Waals surface area contributed by atoms with Crippen molar-refractivity contribution in [2.24, 2.45) is 5.10 Å². The molecule has 0 saturated carbocycles. The van der Waals surface area contributed by atoms with E-state index in [1.54, 1.807) is 6.07 Å². The maximum atomic E-state index is 12.4. The zero-order valence-electron chi connectivity index (χ0n) is 14.4. The summed E-state index contributed by atoms with van der Waals surface area (Å²) in [6, 6.07) is 10.9. The van der Waals surface area contributed by atoms with Crippen LogP contribution in [0.5, 0.6) is 0 Å². The molecule has 1 aromatic carbocycles. The molecule has 134 valence electrons. The molecule has 0 bridgehead atoms. The van der Waals surface area contributed by atoms with E-state index in [4.69, 9.17) is 0 Å². The van der Waals surface area contributed by atoms with Gasteiger partial charge < -0.3 is 0 Å². The highest BCUT2D eigenvalue weighted by atomic mass is 79.9. The first-order valence-corrected chi connectivity index (χ1v) is 10.1. The lowest BCUT2D eigenvalue weighted by Crippen LogP contribution is -2.30. The molecule has 0 atom stereocenters. The second-order valence-corrected chi connectivity index (χ2v) is 8.14. The second-order valence-electron chi connectivity index (χ2n) is 5.29.